The molecule has 1 heterocycles. The van der Waals surface area contributed by atoms with Crippen LogP contribution in [0.3, 0.4) is 0 Å². The lowest BCUT2D eigenvalue weighted by Crippen LogP contribution is -2.53. The third-order valence-corrected chi connectivity index (χ3v) is 3.19. The summed E-state index contributed by atoms with van der Waals surface area (Å²) >= 11 is 0. The molecule has 17 heavy (non-hydrogen) atoms. The Balaban J connectivity index is 2.42. The highest BCUT2D eigenvalue weighted by atomic mass is 16.2. The fourth-order valence-corrected chi connectivity index (χ4v) is 2.17. The van der Waals surface area contributed by atoms with Crippen molar-refractivity contribution in [2.24, 2.45) is 17.4 Å². The topological polar surface area (TPSA) is 101 Å². The molecule has 0 aromatic heterocycles. The Morgan fingerprint density at radius 2 is 2.18 bits per heavy atom. The minimum atomic E-state index is -0.834. The van der Waals surface area contributed by atoms with Gasteiger partial charge in [-0.15, -0.1) is 0 Å². The second-order valence-corrected chi connectivity index (χ2v) is 4.92. The molecule has 1 aliphatic rings. The van der Waals surface area contributed by atoms with Crippen molar-refractivity contribution >= 4 is 11.8 Å². The average Bonchev–Trinajstić information content (AvgIpc) is 2.21. The van der Waals surface area contributed by atoms with Crippen molar-refractivity contribution in [2.75, 3.05) is 20.1 Å². The molecule has 0 aromatic carbocycles. The molecular formula is C11H22N4O2. The lowest BCUT2D eigenvalue weighted by molar-refractivity contribution is -0.127. The first-order chi connectivity index (χ1) is 7.90. The van der Waals surface area contributed by atoms with Gasteiger partial charge >= 0.3 is 0 Å². The van der Waals surface area contributed by atoms with Crippen molar-refractivity contribution in [3.05, 3.63) is 0 Å². The van der Waals surface area contributed by atoms with E-state index >= 15 is 0 Å². The van der Waals surface area contributed by atoms with E-state index in [1.807, 2.05) is 0 Å². The van der Waals surface area contributed by atoms with Crippen LogP contribution in [-0.4, -0.2) is 48.9 Å². The molecule has 1 saturated heterocycles. The van der Waals surface area contributed by atoms with E-state index in [0.29, 0.717) is 5.92 Å². The molecule has 3 atom stereocenters. The van der Waals surface area contributed by atoms with Gasteiger partial charge in [0.15, 0.2) is 0 Å². The molecule has 1 aliphatic heterocycles. The summed E-state index contributed by atoms with van der Waals surface area (Å²) in [6.07, 6.45) is 0.805. The highest BCUT2D eigenvalue weighted by Crippen LogP contribution is 2.15. The molecule has 0 aromatic rings. The van der Waals surface area contributed by atoms with Crippen LogP contribution in [0.4, 0.5) is 0 Å². The maximum atomic E-state index is 11.7. The Morgan fingerprint density at radius 1 is 1.53 bits per heavy atom. The van der Waals surface area contributed by atoms with Crippen LogP contribution < -0.4 is 16.8 Å². The Morgan fingerprint density at radius 3 is 2.71 bits per heavy atom. The Kier molecular flexibility index (Phi) is 4.89. The van der Waals surface area contributed by atoms with E-state index in [-0.39, 0.29) is 18.4 Å². The van der Waals surface area contributed by atoms with E-state index in [2.05, 4.69) is 24.2 Å². The number of carbonyl (C=O) groups is 2. The summed E-state index contributed by atoms with van der Waals surface area (Å²) in [4.78, 5) is 24.6. The molecule has 1 fully saturated rings. The first kappa shape index (κ1) is 13.9. The zero-order valence-corrected chi connectivity index (χ0v) is 10.5. The van der Waals surface area contributed by atoms with Crippen LogP contribution in [0.5, 0.6) is 0 Å². The monoisotopic (exact) mass is 242 g/mol. The van der Waals surface area contributed by atoms with Crippen LogP contribution >= 0.6 is 0 Å². The Bertz CT molecular complexity index is 295. The number of hydrogen-bond donors (Lipinski definition) is 3. The first-order valence-corrected chi connectivity index (χ1v) is 5.93. The van der Waals surface area contributed by atoms with E-state index in [0.717, 1.165) is 19.5 Å². The number of primary amides is 1. The van der Waals surface area contributed by atoms with Crippen LogP contribution in [0, 0.1) is 5.92 Å². The quantitative estimate of drug-likeness (QED) is 0.567. The number of piperidine rings is 1. The zero-order chi connectivity index (χ0) is 13.0. The molecule has 5 N–H and O–H groups in total. The predicted octanol–water partition coefficient (Wildman–Crippen LogP) is -1.35. The summed E-state index contributed by atoms with van der Waals surface area (Å²) in [6, 6.07) is -0.697. The Hall–Kier alpha value is -1.14. The number of carbonyl (C=O) groups excluding carboxylic acids is 2. The minimum absolute atomic E-state index is 0.104. The van der Waals surface area contributed by atoms with Gasteiger partial charge < -0.3 is 21.7 Å². The fraction of sp³-hybridized carbons (Fsp3) is 0.818. The van der Waals surface area contributed by atoms with Gasteiger partial charge in [0.25, 0.3) is 0 Å². The van der Waals surface area contributed by atoms with Crippen LogP contribution in [-0.2, 0) is 9.59 Å². The molecule has 0 radical (unpaired) electrons. The van der Waals surface area contributed by atoms with Crippen molar-refractivity contribution in [3.8, 4) is 0 Å². The van der Waals surface area contributed by atoms with Crippen LogP contribution in [0.2, 0.25) is 0 Å². The summed E-state index contributed by atoms with van der Waals surface area (Å²) in [6.45, 7) is 4.01. The maximum absolute atomic E-state index is 11.7. The first-order valence-electron chi connectivity index (χ1n) is 5.93. The maximum Gasteiger partial charge on any atom is 0.237 e. The van der Waals surface area contributed by atoms with Crippen LogP contribution in [0.1, 0.15) is 19.8 Å². The van der Waals surface area contributed by atoms with Gasteiger partial charge in [0, 0.05) is 12.6 Å². The number of hydrogen-bond acceptors (Lipinski definition) is 4. The van der Waals surface area contributed by atoms with E-state index in [1.165, 1.54) is 0 Å². The van der Waals surface area contributed by atoms with Gasteiger partial charge in [-0.3, -0.25) is 9.59 Å². The summed E-state index contributed by atoms with van der Waals surface area (Å²) in [5.41, 5.74) is 10.6. The minimum Gasteiger partial charge on any atom is -0.370 e. The summed E-state index contributed by atoms with van der Waals surface area (Å²) in [5, 5.41) is 2.90. The molecule has 0 spiro atoms. The second kappa shape index (κ2) is 5.97. The molecule has 0 saturated carbocycles. The third kappa shape index (κ3) is 4.32. The molecule has 2 amide bonds. The van der Waals surface area contributed by atoms with E-state index < -0.39 is 11.9 Å². The molecule has 0 aliphatic carbocycles. The van der Waals surface area contributed by atoms with Gasteiger partial charge in [-0.1, -0.05) is 6.92 Å². The summed E-state index contributed by atoms with van der Waals surface area (Å²) in [7, 11) is 2.06. The second-order valence-electron chi connectivity index (χ2n) is 4.92. The molecule has 6 heteroatoms. The van der Waals surface area contributed by atoms with Gasteiger partial charge in [0.1, 0.15) is 0 Å². The largest absolute Gasteiger partial charge is 0.370 e. The number of likely N-dealkylation sites (tertiary alicyclic amines) is 1. The molecular weight excluding hydrogens is 220 g/mol. The molecule has 0 bridgehead atoms. The van der Waals surface area contributed by atoms with E-state index in [4.69, 9.17) is 11.5 Å². The van der Waals surface area contributed by atoms with Crippen molar-refractivity contribution in [3.63, 3.8) is 0 Å². The molecule has 1 rings (SSSR count). The third-order valence-electron chi connectivity index (χ3n) is 3.19. The van der Waals surface area contributed by atoms with Crippen LogP contribution in [0.25, 0.3) is 0 Å². The summed E-state index contributed by atoms with van der Waals surface area (Å²) in [5.74, 6) is -0.451. The SMILES string of the molecule is CC1CN(C)CCC1NC(=O)C(N)CC(N)=O. The van der Waals surface area contributed by atoms with Gasteiger partial charge in [-0.25, -0.2) is 0 Å². The van der Waals surface area contributed by atoms with Gasteiger partial charge in [-0.2, -0.15) is 0 Å². The predicted molar refractivity (Wildman–Crippen MR) is 65.0 cm³/mol. The van der Waals surface area contributed by atoms with Crippen molar-refractivity contribution in [1.82, 2.24) is 10.2 Å². The zero-order valence-electron chi connectivity index (χ0n) is 10.5. The number of rotatable bonds is 4. The standard InChI is InChI=1S/C11H22N4O2/c1-7-6-15(2)4-3-9(7)14-11(17)8(12)5-10(13)16/h7-9H,3-6,12H2,1-2H3,(H2,13,16)(H,14,17). The van der Waals surface area contributed by atoms with Crippen molar-refractivity contribution in [2.45, 2.75) is 31.8 Å². The van der Waals surface area contributed by atoms with Gasteiger partial charge in [-0.05, 0) is 25.9 Å². The summed E-state index contributed by atoms with van der Waals surface area (Å²) < 4.78 is 0. The highest BCUT2D eigenvalue weighted by Gasteiger charge is 2.27. The smallest absolute Gasteiger partial charge is 0.237 e. The molecule has 98 valence electrons. The van der Waals surface area contributed by atoms with Crippen molar-refractivity contribution < 1.29 is 9.59 Å². The van der Waals surface area contributed by atoms with Gasteiger partial charge in [0.2, 0.25) is 11.8 Å². The Labute approximate surface area is 102 Å². The lowest BCUT2D eigenvalue weighted by Gasteiger charge is -2.35. The number of nitrogens with zero attached hydrogens (tertiary/aromatic N) is 1. The highest BCUT2D eigenvalue weighted by molar-refractivity contribution is 5.87. The number of amides is 2. The van der Waals surface area contributed by atoms with Crippen LogP contribution in [0.15, 0.2) is 0 Å². The molecule has 3 unspecified atom stereocenters. The van der Waals surface area contributed by atoms with Crippen molar-refractivity contribution in [1.29, 1.82) is 0 Å². The molecule has 6 nitrogen and oxygen atoms in total. The van der Waals surface area contributed by atoms with Gasteiger partial charge in [0.05, 0.1) is 12.5 Å². The normalized spacial score (nSPS) is 27.5. The lowest BCUT2D eigenvalue weighted by atomic mass is 9.94. The average molecular weight is 242 g/mol. The van der Waals surface area contributed by atoms with E-state index in [1.54, 1.807) is 0 Å². The number of nitrogens with one attached hydrogen (secondary N) is 1. The van der Waals surface area contributed by atoms with E-state index in [9.17, 15) is 9.59 Å². The fourth-order valence-electron chi connectivity index (χ4n) is 2.17. The number of nitrogens with two attached hydrogens (primary N) is 2.